The molecule has 0 saturated heterocycles. The zero-order chi connectivity index (χ0) is 30.0. The summed E-state index contributed by atoms with van der Waals surface area (Å²) in [5, 5.41) is 0. The summed E-state index contributed by atoms with van der Waals surface area (Å²) < 4.78 is 11.2. The van der Waals surface area contributed by atoms with Crippen LogP contribution in [0.4, 0.5) is 0 Å². The number of fused-ring (bicyclic) bond motifs is 5. The molecule has 4 aliphatic carbocycles. The molecule has 0 aromatic heterocycles. The van der Waals surface area contributed by atoms with E-state index in [0.717, 1.165) is 50.5 Å². The molecule has 1 aromatic carbocycles. The topological polar surface area (TPSA) is 52.6 Å². The van der Waals surface area contributed by atoms with Gasteiger partial charge in [0.05, 0.1) is 13.0 Å². The number of allylic oxidation sites excluding steroid dienone is 3. The van der Waals surface area contributed by atoms with E-state index < -0.39 is 5.60 Å². The van der Waals surface area contributed by atoms with Crippen LogP contribution in [0.2, 0.25) is 0 Å². The normalized spacial score (nSPS) is 34.9. The third kappa shape index (κ3) is 5.45. The van der Waals surface area contributed by atoms with Gasteiger partial charge in [0.15, 0.2) is 0 Å². The molecule has 41 heavy (non-hydrogen) atoms. The van der Waals surface area contributed by atoms with E-state index in [2.05, 4.69) is 71.0 Å². The second-order valence-corrected chi connectivity index (χ2v) is 16.0. The van der Waals surface area contributed by atoms with Crippen LogP contribution in [-0.2, 0) is 30.9 Å². The number of carbonyl (C=O) groups is 2. The summed E-state index contributed by atoms with van der Waals surface area (Å²) in [4.78, 5) is 26.4. The van der Waals surface area contributed by atoms with E-state index in [1.165, 1.54) is 23.8 Å². The van der Waals surface area contributed by atoms with Gasteiger partial charge in [0.1, 0.15) is 5.60 Å². The Hall–Kier alpha value is -2.36. The maximum absolute atomic E-state index is 13.3. The number of rotatable bonds is 4. The zero-order valence-corrected chi connectivity index (χ0v) is 26.9. The van der Waals surface area contributed by atoms with Gasteiger partial charge >= 0.3 is 11.9 Å². The standard InChI is InChI=1S/C37H52O4/c1-34(2,3)25-12-10-23(11-13-25)20-24-22-37(8)26(21-28(24)32(38)40-9)14-15-27-29-16-17-31(33(39)41-35(4,5)6)36(29,7)19-18-30(27)37/h10-14,21,24,27,29-31H,15-20,22H2,1-9H3/t24-,27+,29+,30+,31-,36+,37+/m1/s1. The Morgan fingerprint density at radius 1 is 0.951 bits per heavy atom. The van der Waals surface area contributed by atoms with Crippen molar-refractivity contribution in [2.45, 2.75) is 111 Å². The van der Waals surface area contributed by atoms with Gasteiger partial charge in [0, 0.05) is 5.57 Å². The van der Waals surface area contributed by atoms with E-state index >= 15 is 0 Å². The molecule has 0 bridgehead atoms. The predicted molar refractivity (Wildman–Crippen MR) is 164 cm³/mol. The van der Waals surface area contributed by atoms with E-state index in [0.29, 0.717) is 17.8 Å². The summed E-state index contributed by atoms with van der Waals surface area (Å²) in [6, 6.07) is 8.97. The molecule has 0 aliphatic heterocycles. The second kappa shape index (κ2) is 10.4. The summed E-state index contributed by atoms with van der Waals surface area (Å²) in [5.74, 6) is 1.57. The van der Waals surface area contributed by atoms with Gasteiger partial charge in [0.25, 0.3) is 0 Å². The van der Waals surface area contributed by atoms with Gasteiger partial charge < -0.3 is 9.47 Å². The monoisotopic (exact) mass is 560 g/mol. The van der Waals surface area contributed by atoms with Gasteiger partial charge in [0.2, 0.25) is 0 Å². The first-order valence-electron chi connectivity index (χ1n) is 15.9. The average Bonchev–Trinajstić information content (AvgIpc) is 3.24. The largest absolute Gasteiger partial charge is 0.466 e. The van der Waals surface area contributed by atoms with Crippen LogP contribution in [0.5, 0.6) is 0 Å². The SMILES string of the molecule is COC(=O)C1=CC2=CC[C@H]3[C@@H]4CC[C@H](C(=O)OC(C)(C)C)[C@@]4(C)CC[C@@H]3[C@@]2(C)C[C@H]1Cc1ccc(C(C)(C)C)cc1. The lowest BCUT2D eigenvalue weighted by Crippen LogP contribution is -2.51. The van der Waals surface area contributed by atoms with Crippen LogP contribution in [0.25, 0.3) is 0 Å². The highest BCUT2D eigenvalue weighted by molar-refractivity contribution is 5.90. The van der Waals surface area contributed by atoms with Crippen molar-refractivity contribution in [2.24, 2.45) is 40.4 Å². The Balaban J connectivity index is 1.42. The Kier molecular flexibility index (Phi) is 7.65. The molecular formula is C37H52O4. The molecule has 1 aromatic rings. The Morgan fingerprint density at radius 2 is 1.63 bits per heavy atom. The number of hydrogen-bond donors (Lipinski definition) is 0. The highest BCUT2D eigenvalue weighted by Gasteiger charge is 2.60. The predicted octanol–water partition coefficient (Wildman–Crippen LogP) is 8.38. The van der Waals surface area contributed by atoms with E-state index in [1.54, 1.807) is 0 Å². The number of methoxy groups -OCH3 is 1. The van der Waals surface area contributed by atoms with Crippen LogP contribution in [-0.4, -0.2) is 24.6 Å². The lowest BCUT2D eigenvalue weighted by Gasteiger charge is -2.57. The van der Waals surface area contributed by atoms with Crippen molar-refractivity contribution in [2.75, 3.05) is 7.11 Å². The smallest absolute Gasteiger partial charge is 0.334 e. The number of benzene rings is 1. The minimum absolute atomic E-state index is 0.0000601. The van der Waals surface area contributed by atoms with E-state index in [1.807, 2.05) is 20.8 Å². The lowest BCUT2D eigenvalue weighted by atomic mass is 9.47. The number of carbonyl (C=O) groups excluding carboxylic acids is 2. The van der Waals surface area contributed by atoms with Gasteiger partial charge in [-0.05, 0) is 128 Å². The first-order valence-corrected chi connectivity index (χ1v) is 15.9. The fraction of sp³-hybridized carbons (Fsp3) is 0.676. The van der Waals surface area contributed by atoms with Crippen LogP contribution >= 0.6 is 0 Å². The minimum Gasteiger partial charge on any atom is -0.466 e. The highest BCUT2D eigenvalue weighted by Crippen LogP contribution is 2.66. The molecule has 2 saturated carbocycles. The molecule has 5 rings (SSSR count). The third-order valence-electron chi connectivity index (χ3n) is 11.4. The first kappa shape index (κ1) is 30.1. The third-order valence-corrected chi connectivity index (χ3v) is 11.4. The van der Waals surface area contributed by atoms with Crippen molar-refractivity contribution in [1.82, 2.24) is 0 Å². The van der Waals surface area contributed by atoms with Crippen molar-refractivity contribution in [3.63, 3.8) is 0 Å². The van der Waals surface area contributed by atoms with Crippen LogP contribution < -0.4 is 0 Å². The quantitative estimate of drug-likeness (QED) is 0.347. The van der Waals surface area contributed by atoms with Gasteiger partial charge in [-0.3, -0.25) is 4.79 Å². The van der Waals surface area contributed by atoms with Gasteiger partial charge in [-0.2, -0.15) is 0 Å². The molecular weight excluding hydrogens is 508 g/mol. The minimum atomic E-state index is -0.452. The molecule has 0 unspecified atom stereocenters. The van der Waals surface area contributed by atoms with Crippen LogP contribution in [0.15, 0.2) is 47.6 Å². The molecule has 7 atom stereocenters. The van der Waals surface area contributed by atoms with Crippen LogP contribution in [0, 0.1) is 40.4 Å². The maximum atomic E-state index is 13.3. The van der Waals surface area contributed by atoms with Crippen molar-refractivity contribution >= 4 is 11.9 Å². The molecule has 0 N–H and O–H groups in total. The molecule has 0 amide bonds. The molecule has 0 radical (unpaired) electrons. The van der Waals surface area contributed by atoms with Crippen molar-refractivity contribution in [1.29, 1.82) is 0 Å². The highest BCUT2D eigenvalue weighted by atomic mass is 16.6. The number of ether oxygens (including phenoxy) is 2. The van der Waals surface area contributed by atoms with E-state index in [9.17, 15) is 9.59 Å². The maximum Gasteiger partial charge on any atom is 0.334 e. The summed E-state index contributed by atoms with van der Waals surface area (Å²) in [6.45, 7) is 17.5. The summed E-state index contributed by atoms with van der Waals surface area (Å²) >= 11 is 0. The van der Waals surface area contributed by atoms with Gasteiger partial charge in [-0.15, -0.1) is 0 Å². The molecule has 224 valence electrons. The second-order valence-electron chi connectivity index (χ2n) is 16.0. The fourth-order valence-corrected chi connectivity index (χ4v) is 9.23. The van der Waals surface area contributed by atoms with Gasteiger partial charge in [-0.25, -0.2) is 4.79 Å². The van der Waals surface area contributed by atoms with Crippen molar-refractivity contribution < 1.29 is 19.1 Å². The van der Waals surface area contributed by atoms with Crippen LogP contribution in [0.3, 0.4) is 0 Å². The molecule has 0 heterocycles. The summed E-state index contributed by atoms with van der Waals surface area (Å²) in [5.41, 5.74) is 4.42. The zero-order valence-electron chi connectivity index (χ0n) is 26.9. The summed E-state index contributed by atoms with van der Waals surface area (Å²) in [6.07, 6.45) is 11.7. The molecule has 2 fully saturated rings. The number of hydrogen-bond acceptors (Lipinski definition) is 4. The van der Waals surface area contributed by atoms with Crippen molar-refractivity contribution in [3.8, 4) is 0 Å². The lowest BCUT2D eigenvalue weighted by molar-refractivity contribution is -0.166. The van der Waals surface area contributed by atoms with Gasteiger partial charge in [-0.1, -0.05) is 65.0 Å². The molecule has 4 aliphatic rings. The molecule has 4 nitrogen and oxygen atoms in total. The Labute approximate surface area is 248 Å². The Morgan fingerprint density at radius 3 is 2.24 bits per heavy atom. The Bertz CT molecular complexity index is 1240. The van der Waals surface area contributed by atoms with E-state index in [-0.39, 0.29) is 40.0 Å². The molecule has 0 spiro atoms. The number of esters is 2. The van der Waals surface area contributed by atoms with Crippen molar-refractivity contribution in [3.05, 3.63) is 58.7 Å². The van der Waals surface area contributed by atoms with E-state index in [4.69, 9.17) is 9.47 Å². The van der Waals surface area contributed by atoms with Crippen LogP contribution in [0.1, 0.15) is 105 Å². The average molecular weight is 561 g/mol. The fourth-order valence-electron chi connectivity index (χ4n) is 9.23. The first-order chi connectivity index (χ1) is 19.1. The summed E-state index contributed by atoms with van der Waals surface area (Å²) in [7, 11) is 1.50. The molecule has 4 heteroatoms.